The number of nitrogens with one attached hydrogen (secondary N) is 1. The molecule has 1 aliphatic rings. The van der Waals surface area contributed by atoms with E-state index >= 15 is 0 Å². The summed E-state index contributed by atoms with van der Waals surface area (Å²) >= 11 is 1.93. The van der Waals surface area contributed by atoms with E-state index in [-0.39, 0.29) is 0 Å². The summed E-state index contributed by atoms with van der Waals surface area (Å²) in [6.07, 6.45) is 5.82. The van der Waals surface area contributed by atoms with Crippen LogP contribution in [0.3, 0.4) is 0 Å². The van der Waals surface area contributed by atoms with Crippen LogP contribution in [-0.4, -0.2) is 23.3 Å². The summed E-state index contributed by atoms with van der Waals surface area (Å²) in [4.78, 5) is 4.40. The van der Waals surface area contributed by atoms with E-state index in [1.807, 2.05) is 24.0 Å². The lowest BCUT2D eigenvalue weighted by molar-refractivity contribution is 0.329. The maximum Gasteiger partial charge on any atom is 0.0963 e. The SMILES string of the molecule is CNC1CCC(C)CC1Sc1ccccn1. The first-order valence-electron chi connectivity index (χ1n) is 6.04. The molecule has 88 valence electrons. The average Bonchev–Trinajstić information content (AvgIpc) is 2.31. The minimum atomic E-state index is 0.642. The highest BCUT2D eigenvalue weighted by atomic mass is 32.2. The van der Waals surface area contributed by atoms with Crippen molar-refractivity contribution in [1.82, 2.24) is 10.3 Å². The van der Waals surface area contributed by atoms with Crippen LogP contribution in [0.15, 0.2) is 29.4 Å². The topological polar surface area (TPSA) is 24.9 Å². The molecular formula is C13H20N2S. The van der Waals surface area contributed by atoms with Gasteiger partial charge in [0.05, 0.1) is 5.03 Å². The molecule has 1 aromatic rings. The van der Waals surface area contributed by atoms with Crippen LogP contribution in [0.1, 0.15) is 26.2 Å². The van der Waals surface area contributed by atoms with E-state index in [1.165, 1.54) is 19.3 Å². The van der Waals surface area contributed by atoms with Gasteiger partial charge >= 0.3 is 0 Å². The molecule has 0 bridgehead atoms. The molecule has 2 rings (SSSR count). The molecule has 0 amide bonds. The summed E-state index contributed by atoms with van der Waals surface area (Å²) in [6, 6.07) is 6.79. The van der Waals surface area contributed by atoms with E-state index < -0.39 is 0 Å². The zero-order valence-electron chi connectivity index (χ0n) is 10.0. The van der Waals surface area contributed by atoms with Crippen molar-refractivity contribution in [3.8, 4) is 0 Å². The first kappa shape index (κ1) is 11.9. The summed E-state index contributed by atoms with van der Waals surface area (Å²) in [5, 5.41) is 5.27. The Bertz CT molecular complexity index is 315. The van der Waals surface area contributed by atoms with Gasteiger partial charge in [0.1, 0.15) is 0 Å². The average molecular weight is 236 g/mol. The molecule has 2 nitrogen and oxygen atoms in total. The van der Waals surface area contributed by atoms with Crippen LogP contribution < -0.4 is 5.32 Å². The Hall–Kier alpha value is -0.540. The van der Waals surface area contributed by atoms with Gasteiger partial charge < -0.3 is 5.32 Å². The molecule has 3 atom stereocenters. The Balaban J connectivity index is 2.01. The normalized spacial score (nSPS) is 30.2. The predicted molar refractivity (Wildman–Crippen MR) is 69.7 cm³/mol. The van der Waals surface area contributed by atoms with Crippen molar-refractivity contribution in [2.24, 2.45) is 5.92 Å². The van der Waals surface area contributed by atoms with Crippen LogP contribution >= 0.6 is 11.8 Å². The van der Waals surface area contributed by atoms with Gasteiger partial charge in [0, 0.05) is 17.5 Å². The highest BCUT2D eigenvalue weighted by Gasteiger charge is 2.28. The number of hydrogen-bond donors (Lipinski definition) is 1. The first-order valence-corrected chi connectivity index (χ1v) is 6.92. The molecule has 0 radical (unpaired) electrons. The fraction of sp³-hybridized carbons (Fsp3) is 0.615. The third-order valence-corrected chi connectivity index (χ3v) is 4.64. The molecule has 0 spiro atoms. The van der Waals surface area contributed by atoms with Gasteiger partial charge in [0.25, 0.3) is 0 Å². The van der Waals surface area contributed by atoms with Crippen LogP contribution in [0.5, 0.6) is 0 Å². The number of hydrogen-bond acceptors (Lipinski definition) is 3. The van der Waals surface area contributed by atoms with Crippen LogP contribution in [0.4, 0.5) is 0 Å². The minimum absolute atomic E-state index is 0.642. The third-order valence-electron chi connectivity index (χ3n) is 3.33. The Kier molecular flexibility index (Phi) is 4.24. The standard InChI is InChI=1S/C13H20N2S/c1-10-6-7-11(14-2)12(9-10)16-13-5-3-4-8-15-13/h3-5,8,10-12,14H,6-7,9H2,1-2H3. The Labute approximate surface area is 102 Å². The smallest absolute Gasteiger partial charge is 0.0963 e. The highest BCUT2D eigenvalue weighted by molar-refractivity contribution is 7.99. The quantitative estimate of drug-likeness (QED) is 0.873. The van der Waals surface area contributed by atoms with Crippen LogP contribution in [0, 0.1) is 5.92 Å². The van der Waals surface area contributed by atoms with Gasteiger partial charge in [-0.05, 0) is 44.4 Å². The Morgan fingerprint density at radius 2 is 2.25 bits per heavy atom. The van der Waals surface area contributed by atoms with Crippen molar-refractivity contribution < 1.29 is 0 Å². The van der Waals surface area contributed by atoms with Crippen molar-refractivity contribution >= 4 is 11.8 Å². The van der Waals surface area contributed by atoms with Gasteiger partial charge in [-0.1, -0.05) is 13.0 Å². The van der Waals surface area contributed by atoms with Gasteiger partial charge in [0.15, 0.2) is 0 Å². The molecule has 3 unspecified atom stereocenters. The first-order chi connectivity index (χ1) is 7.79. The van der Waals surface area contributed by atoms with Gasteiger partial charge in [-0.2, -0.15) is 0 Å². The number of thioether (sulfide) groups is 1. The molecule has 16 heavy (non-hydrogen) atoms. The molecule has 1 aliphatic carbocycles. The van der Waals surface area contributed by atoms with Gasteiger partial charge in [-0.15, -0.1) is 11.8 Å². The molecular weight excluding hydrogens is 216 g/mol. The van der Waals surface area contributed by atoms with Crippen molar-refractivity contribution in [3.05, 3.63) is 24.4 Å². The number of rotatable bonds is 3. The van der Waals surface area contributed by atoms with Gasteiger partial charge in [-0.25, -0.2) is 4.98 Å². The zero-order chi connectivity index (χ0) is 11.4. The maximum atomic E-state index is 4.40. The fourth-order valence-corrected chi connectivity index (χ4v) is 3.81. The van der Waals surface area contributed by atoms with E-state index in [1.54, 1.807) is 0 Å². The second-order valence-corrected chi connectivity index (χ2v) is 5.90. The maximum absolute atomic E-state index is 4.40. The molecule has 0 aromatic carbocycles. The molecule has 1 saturated carbocycles. The van der Waals surface area contributed by atoms with E-state index in [9.17, 15) is 0 Å². The number of aromatic nitrogens is 1. The molecule has 0 aliphatic heterocycles. The minimum Gasteiger partial charge on any atom is -0.316 e. The number of pyridine rings is 1. The van der Waals surface area contributed by atoms with Crippen LogP contribution in [0.2, 0.25) is 0 Å². The van der Waals surface area contributed by atoms with Crippen molar-refractivity contribution in [3.63, 3.8) is 0 Å². The Morgan fingerprint density at radius 1 is 1.38 bits per heavy atom. The number of nitrogens with zero attached hydrogens (tertiary/aromatic N) is 1. The van der Waals surface area contributed by atoms with Crippen LogP contribution in [0.25, 0.3) is 0 Å². The van der Waals surface area contributed by atoms with Crippen molar-refractivity contribution in [1.29, 1.82) is 0 Å². The lowest BCUT2D eigenvalue weighted by atomic mass is 9.87. The second kappa shape index (κ2) is 5.69. The van der Waals surface area contributed by atoms with E-state index in [0.717, 1.165) is 10.9 Å². The lowest BCUT2D eigenvalue weighted by Gasteiger charge is -2.34. The molecule has 3 heteroatoms. The monoisotopic (exact) mass is 236 g/mol. The molecule has 1 aromatic heterocycles. The summed E-state index contributed by atoms with van der Waals surface area (Å²) in [6.45, 7) is 2.36. The summed E-state index contributed by atoms with van der Waals surface area (Å²) < 4.78 is 0. The fourth-order valence-electron chi connectivity index (χ4n) is 2.36. The Morgan fingerprint density at radius 3 is 2.94 bits per heavy atom. The van der Waals surface area contributed by atoms with E-state index in [4.69, 9.17) is 0 Å². The van der Waals surface area contributed by atoms with Gasteiger partial charge in [-0.3, -0.25) is 0 Å². The van der Waals surface area contributed by atoms with E-state index in [2.05, 4.69) is 36.4 Å². The summed E-state index contributed by atoms with van der Waals surface area (Å²) in [5.74, 6) is 0.853. The summed E-state index contributed by atoms with van der Waals surface area (Å²) in [5.41, 5.74) is 0. The lowest BCUT2D eigenvalue weighted by Crippen LogP contribution is -2.40. The van der Waals surface area contributed by atoms with Crippen LogP contribution in [-0.2, 0) is 0 Å². The molecule has 1 fully saturated rings. The zero-order valence-corrected chi connectivity index (χ0v) is 10.8. The van der Waals surface area contributed by atoms with Crippen molar-refractivity contribution in [2.45, 2.75) is 42.5 Å². The third kappa shape index (κ3) is 2.98. The van der Waals surface area contributed by atoms with Crippen molar-refractivity contribution in [2.75, 3.05) is 7.05 Å². The second-order valence-electron chi connectivity index (χ2n) is 4.64. The largest absolute Gasteiger partial charge is 0.316 e. The summed E-state index contributed by atoms with van der Waals surface area (Å²) in [7, 11) is 2.08. The highest BCUT2D eigenvalue weighted by Crippen LogP contribution is 2.35. The molecule has 1 heterocycles. The predicted octanol–water partition coefficient (Wildman–Crippen LogP) is 2.95. The molecule has 0 saturated heterocycles. The molecule has 1 N–H and O–H groups in total. The van der Waals surface area contributed by atoms with Gasteiger partial charge in [0.2, 0.25) is 0 Å². The van der Waals surface area contributed by atoms with E-state index in [0.29, 0.717) is 11.3 Å².